The molecule has 0 fully saturated rings. The molecule has 4 heteroatoms. The molecule has 0 amide bonds. The molecule has 0 aliphatic rings. The monoisotopic (exact) mass is 301 g/mol. The van der Waals surface area contributed by atoms with Crippen molar-refractivity contribution in [3.63, 3.8) is 0 Å². The Balaban J connectivity index is 1.96. The summed E-state index contributed by atoms with van der Waals surface area (Å²) in [5.74, 6) is 1.37. The van der Waals surface area contributed by atoms with Crippen LogP contribution in [0.15, 0.2) is 46.8 Å². The lowest BCUT2D eigenvalue weighted by atomic mass is 10.0. The van der Waals surface area contributed by atoms with Crippen LogP contribution in [0.5, 0.6) is 0 Å². The number of hydrogen-bond acceptors (Lipinski definition) is 2. The van der Waals surface area contributed by atoms with Crippen molar-refractivity contribution in [1.29, 1.82) is 0 Å². The Morgan fingerprint density at radius 1 is 1.24 bits per heavy atom. The molecule has 112 valence electrons. The highest BCUT2D eigenvalue weighted by molar-refractivity contribution is 7.10. The van der Waals surface area contributed by atoms with Crippen molar-refractivity contribution in [3.8, 4) is 0 Å². The normalized spacial score (nSPS) is 13.4. The smallest absolute Gasteiger partial charge is 0.193 e. The van der Waals surface area contributed by atoms with Crippen molar-refractivity contribution < 1.29 is 0 Å². The zero-order valence-corrected chi connectivity index (χ0v) is 13.7. The molecule has 21 heavy (non-hydrogen) atoms. The van der Waals surface area contributed by atoms with Crippen molar-refractivity contribution in [2.24, 2.45) is 10.7 Å². The van der Waals surface area contributed by atoms with E-state index in [1.165, 1.54) is 10.4 Å². The summed E-state index contributed by atoms with van der Waals surface area (Å²) >= 11 is 1.76. The predicted octanol–water partition coefficient (Wildman–Crippen LogP) is 4.40. The largest absolute Gasteiger partial charge is 0.370 e. The minimum absolute atomic E-state index is 0.396. The summed E-state index contributed by atoms with van der Waals surface area (Å²) in [7, 11) is 0. The van der Waals surface area contributed by atoms with Gasteiger partial charge in [-0.2, -0.15) is 0 Å². The highest BCUT2D eigenvalue weighted by Gasteiger charge is 2.06. The van der Waals surface area contributed by atoms with Crippen LogP contribution >= 0.6 is 11.3 Å². The van der Waals surface area contributed by atoms with Gasteiger partial charge in [0.2, 0.25) is 0 Å². The number of nitrogens with two attached hydrogens (primary N) is 1. The molecule has 1 atom stereocenters. The number of nitrogens with zero attached hydrogens (tertiary/aromatic N) is 1. The fourth-order valence-corrected chi connectivity index (χ4v) is 2.84. The minimum atomic E-state index is 0.396. The average Bonchev–Trinajstić information content (AvgIpc) is 2.99. The number of thiophene rings is 1. The van der Waals surface area contributed by atoms with Gasteiger partial charge in [0.1, 0.15) is 0 Å². The maximum absolute atomic E-state index is 5.98. The van der Waals surface area contributed by atoms with Crippen LogP contribution in [-0.4, -0.2) is 12.5 Å². The van der Waals surface area contributed by atoms with Gasteiger partial charge in [-0.3, -0.25) is 4.99 Å². The number of benzene rings is 1. The van der Waals surface area contributed by atoms with Crippen LogP contribution in [-0.2, 0) is 0 Å². The van der Waals surface area contributed by atoms with E-state index in [0.29, 0.717) is 24.3 Å². The molecule has 2 aromatic rings. The van der Waals surface area contributed by atoms with Gasteiger partial charge in [0, 0.05) is 16.5 Å². The summed E-state index contributed by atoms with van der Waals surface area (Å²) in [6, 6.07) is 12.5. The first-order chi connectivity index (χ1) is 10.1. The second-order valence-corrected chi connectivity index (χ2v) is 6.53. The van der Waals surface area contributed by atoms with Gasteiger partial charge in [0.05, 0.1) is 6.54 Å². The molecule has 1 aromatic carbocycles. The van der Waals surface area contributed by atoms with E-state index in [9.17, 15) is 0 Å². The van der Waals surface area contributed by atoms with Crippen LogP contribution in [0.25, 0.3) is 0 Å². The SMILES string of the molecule is CC(C)c1cccc(NC(N)=NCC(C)c2cccs2)c1. The topological polar surface area (TPSA) is 50.4 Å². The van der Waals surface area contributed by atoms with Crippen LogP contribution in [0.1, 0.15) is 43.0 Å². The molecule has 0 spiro atoms. The summed E-state index contributed by atoms with van der Waals surface area (Å²) in [6.45, 7) is 7.23. The molecule has 2 rings (SSSR count). The van der Waals surface area contributed by atoms with Crippen molar-refractivity contribution >= 4 is 23.0 Å². The van der Waals surface area contributed by atoms with Gasteiger partial charge < -0.3 is 11.1 Å². The van der Waals surface area contributed by atoms with Crippen LogP contribution < -0.4 is 11.1 Å². The zero-order chi connectivity index (χ0) is 15.2. The Morgan fingerprint density at radius 3 is 2.71 bits per heavy atom. The highest BCUT2D eigenvalue weighted by atomic mass is 32.1. The third-order valence-corrected chi connectivity index (χ3v) is 4.49. The van der Waals surface area contributed by atoms with E-state index in [2.05, 4.69) is 60.7 Å². The van der Waals surface area contributed by atoms with Gasteiger partial charge in [-0.1, -0.05) is 39.0 Å². The van der Waals surface area contributed by atoms with Gasteiger partial charge in [0.15, 0.2) is 5.96 Å². The standard InChI is InChI=1S/C17H23N3S/c1-12(2)14-6-4-7-15(10-14)20-17(18)19-11-13(3)16-8-5-9-21-16/h4-10,12-13H,11H2,1-3H3,(H3,18,19,20). The van der Waals surface area contributed by atoms with Crippen molar-refractivity contribution in [2.45, 2.75) is 32.6 Å². The second-order valence-electron chi connectivity index (χ2n) is 5.55. The van der Waals surface area contributed by atoms with Gasteiger partial charge in [-0.15, -0.1) is 11.3 Å². The first-order valence-electron chi connectivity index (χ1n) is 7.26. The van der Waals surface area contributed by atoms with Gasteiger partial charge in [-0.05, 0) is 35.1 Å². The predicted molar refractivity (Wildman–Crippen MR) is 93.4 cm³/mol. The molecule has 0 saturated carbocycles. The number of rotatable bonds is 5. The van der Waals surface area contributed by atoms with Gasteiger partial charge in [-0.25, -0.2) is 0 Å². The summed E-state index contributed by atoms with van der Waals surface area (Å²) in [5, 5.41) is 5.26. The Morgan fingerprint density at radius 2 is 2.05 bits per heavy atom. The lowest BCUT2D eigenvalue weighted by molar-refractivity contribution is 0.790. The third kappa shape index (κ3) is 4.60. The number of aliphatic imine (C=N–C) groups is 1. The molecule has 0 radical (unpaired) electrons. The van der Waals surface area contributed by atoms with Crippen molar-refractivity contribution in [1.82, 2.24) is 0 Å². The van der Waals surface area contributed by atoms with Gasteiger partial charge >= 0.3 is 0 Å². The Kier molecular flexibility index (Phi) is 5.39. The average molecular weight is 301 g/mol. The van der Waals surface area contributed by atoms with Crippen molar-refractivity contribution in [2.75, 3.05) is 11.9 Å². The number of nitrogens with one attached hydrogen (secondary N) is 1. The number of hydrogen-bond donors (Lipinski definition) is 2. The number of guanidine groups is 1. The van der Waals surface area contributed by atoms with E-state index in [0.717, 1.165) is 5.69 Å². The number of anilines is 1. The van der Waals surface area contributed by atoms with E-state index in [4.69, 9.17) is 5.73 Å². The quantitative estimate of drug-likeness (QED) is 0.635. The van der Waals surface area contributed by atoms with Crippen molar-refractivity contribution in [3.05, 3.63) is 52.2 Å². The maximum atomic E-state index is 5.98. The summed E-state index contributed by atoms with van der Waals surface area (Å²) in [5.41, 5.74) is 8.26. The van der Waals surface area contributed by atoms with E-state index in [1.54, 1.807) is 11.3 Å². The summed E-state index contributed by atoms with van der Waals surface area (Å²) < 4.78 is 0. The van der Waals surface area contributed by atoms with E-state index >= 15 is 0 Å². The zero-order valence-electron chi connectivity index (χ0n) is 12.8. The lowest BCUT2D eigenvalue weighted by Crippen LogP contribution is -2.23. The molecule has 1 heterocycles. The van der Waals surface area contributed by atoms with E-state index < -0.39 is 0 Å². The molecule has 1 aromatic heterocycles. The van der Waals surface area contributed by atoms with Gasteiger partial charge in [0.25, 0.3) is 0 Å². The Bertz CT molecular complexity index is 588. The molecular formula is C17H23N3S. The van der Waals surface area contributed by atoms with Crippen LogP contribution in [0.3, 0.4) is 0 Å². The molecule has 0 aliphatic heterocycles. The molecular weight excluding hydrogens is 278 g/mol. The molecule has 0 saturated heterocycles. The Hall–Kier alpha value is -1.81. The molecule has 0 aliphatic carbocycles. The Labute approximate surface area is 130 Å². The fourth-order valence-electron chi connectivity index (χ4n) is 2.06. The summed E-state index contributed by atoms with van der Waals surface area (Å²) in [6.07, 6.45) is 0. The lowest BCUT2D eigenvalue weighted by Gasteiger charge is -2.11. The molecule has 3 N–H and O–H groups in total. The van der Waals surface area contributed by atoms with E-state index in [-0.39, 0.29) is 0 Å². The maximum Gasteiger partial charge on any atom is 0.193 e. The highest BCUT2D eigenvalue weighted by Crippen LogP contribution is 2.21. The van der Waals surface area contributed by atoms with Crippen LogP contribution in [0.4, 0.5) is 5.69 Å². The second kappa shape index (κ2) is 7.27. The van der Waals surface area contributed by atoms with E-state index in [1.807, 2.05) is 12.1 Å². The van der Waals surface area contributed by atoms with Crippen LogP contribution in [0, 0.1) is 0 Å². The fraction of sp³-hybridized carbons (Fsp3) is 0.353. The van der Waals surface area contributed by atoms with Crippen LogP contribution in [0.2, 0.25) is 0 Å². The minimum Gasteiger partial charge on any atom is -0.370 e. The first-order valence-corrected chi connectivity index (χ1v) is 8.14. The molecule has 3 nitrogen and oxygen atoms in total. The molecule has 0 bridgehead atoms. The third-order valence-electron chi connectivity index (χ3n) is 3.39. The first kappa shape index (κ1) is 15.6. The molecule has 1 unspecified atom stereocenters. The summed E-state index contributed by atoms with van der Waals surface area (Å²) in [4.78, 5) is 5.78.